The van der Waals surface area contributed by atoms with Gasteiger partial charge in [-0.2, -0.15) is 0 Å². The van der Waals surface area contributed by atoms with Crippen molar-refractivity contribution in [2.24, 2.45) is 7.05 Å². The van der Waals surface area contributed by atoms with E-state index in [4.69, 9.17) is 9.72 Å². The van der Waals surface area contributed by atoms with Crippen LogP contribution in [0, 0.1) is 0 Å². The van der Waals surface area contributed by atoms with E-state index in [2.05, 4.69) is 44.9 Å². The first-order valence-electron chi connectivity index (χ1n) is 9.92. The summed E-state index contributed by atoms with van der Waals surface area (Å²) < 4.78 is 7.73. The summed E-state index contributed by atoms with van der Waals surface area (Å²) in [5.74, 6) is 1.20. The molecule has 0 saturated carbocycles. The zero-order chi connectivity index (χ0) is 18.6. The van der Waals surface area contributed by atoms with Gasteiger partial charge in [-0.25, -0.2) is 4.98 Å². The fourth-order valence-corrected chi connectivity index (χ4v) is 3.93. The van der Waals surface area contributed by atoms with Crippen LogP contribution in [0.25, 0.3) is 11.0 Å². The number of fused-ring (bicyclic) bond motifs is 1. The third-order valence-corrected chi connectivity index (χ3v) is 5.63. The predicted molar refractivity (Wildman–Crippen MR) is 104 cm³/mol. The molecule has 1 amide bonds. The molecule has 3 heterocycles. The largest absolute Gasteiger partial charge is 0.376 e. The Morgan fingerprint density at radius 3 is 2.74 bits per heavy atom. The van der Waals surface area contributed by atoms with Gasteiger partial charge < -0.3 is 14.6 Å². The van der Waals surface area contributed by atoms with Gasteiger partial charge in [0.1, 0.15) is 5.82 Å². The number of para-hydroxylation sites is 2. The molecule has 0 spiro atoms. The Labute approximate surface area is 160 Å². The van der Waals surface area contributed by atoms with Crippen molar-refractivity contribution >= 4 is 16.9 Å². The van der Waals surface area contributed by atoms with E-state index in [-0.39, 0.29) is 12.0 Å². The van der Waals surface area contributed by atoms with Gasteiger partial charge in [0.2, 0.25) is 5.91 Å². The van der Waals surface area contributed by atoms with Gasteiger partial charge in [-0.1, -0.05) is 12.1 Å². The highest BCUT2D eigenvalue weighted by Crippen LogP contribution is 2.16. The SMILES string of the molecule is Cn1c(CN2CCN(CC(=O)NCC3CCCO3)CC2)nc2ccccc21. The molecular formula is C20H29N5O2. The van der Waals surface area contributed by atoms with Crippen molar-refractivity contribution in [3.8, 4) is 0 Å². The number of nitrogens with one attached hydrogen (secondary N) is 1. The third-order valence-electron chi connectivity index (χ3n) is 5.63. The molecule has 2 saturated heterocycles. The number of rotatable bonds is 6. The van der Waals surface area contributed by atoms with Crippen molar-refractivity contribution in [2.45, 2.75) is 25.5 Å². The van der Waals surface area contributed by atoms with E-state index < -0.39 is 0 Å². The smallest absolute Gasteiger partial charge is 0.234 e. The van der Waals surface area contributed by atoms with E-state index in [0.717, 1.165) is 63.5 Å². The predicted octanol–water partition coefficient (Wildman–Crippen LogP) is 0.986. The first-order valence-corrected chi connectivity index (χ1v) is 9.92. The Bertz CT molecular complexity index is 776. The molecule has 0 aliphatic carbocycles. The minimum Gasteiger partial charge on any atom is -0.376 e. The van der Waals surface area contributed by atoms with Crippen LogP contribution in [-0.4, -0.2) is 77.2 Å². The van der Waals surface area contributed by atoms with Crippen LogP contribution >= 0.6 is 0 Å². The molecule has 4 rings (SSSR count). The van der Waals surface area contributed by atoms with Crippen LogP contribution < -0.4 is 5.32 Å². The summed E-state index contributed by atoms with van der Waals surface area (Å²) in [6.45, 7) is 6.55. The molecule has 0 radical (unpaired) electrons. The number of carbonyl (C=O) groups is 1. The second-order valence-electron chi connectivity index (χ2n) is 7.57. The van der Waals surface area contributed by atoms with Gasteiger partial charge in [0.25, 0.3) is 0 Å². The van der Waals surface area contributed by atoms with Gasteiger partial charge >= 0.3 is 0 Å². The average molecular weight is 371 g/mol. The Balaban J connectivity index is 1.22. The van der Waals surface area contributed by atoms with Crippen molar-refractivity contribution in [2.75, 3.05) is 45.9 Å². The number of aryl methyl sites for hydroxylation is 1. The molecule has 7 heteroatoms. The van der Waals surface area contributed by atoms with Gasteiger partial charge in [-0.3, -0.25) is 14.6 Å². The quantitative estimate of drug-likeness (QED) is 0.820. The minimum absolute atomic E-state index is 0.106. The highest BCUT2D eigenvalue weighted by atomic mass is 16.5. The van der Waals surface area contributed by atoms with E-state index >= 15 is 0 Å². The van der Waals surface area contributed by atoms with E-state index in [1.54, 1.807) is 0 Å². The number of carbonyl (C=O) groups excluding carboxylic acids is 1. The van der Waals surface area contributed by atoms with Crippen LogP contribution in [0.2, 0.25) is 0 Å². The van der Waals surface area contributed by atoms with Crippen LogP contribution in [0.3, 0.4) is 0 Å². The summed E-state index contributed by atoms with van der Waals surface area (Å²) in [5, 5.41) is 3.01. The molecular weight excluding hydrogens is 342 g/mol. The number of nitrogens with zero attached hydrogens (tertiary/aromatic N) is 4. The van der Waals surface area contributed by atoms with E-state index in [1.807, 2.05) is 6.07 Å². The van der Waals surface area contributed by atoms with E-state index in [9.17, 15) is 4.79 Å². The summed E-state index contributed by atoms with van der Waals surface area (Å²) in [6, 6.07) is 8.25. The van der Waals surface area contributed by atoms with Crippen LogP contribution in [0.15, 0.2) is 24.3 Å². The molecule has 1 atom stereocenters. The zero-order valence-electron chi connectivity index (χ0n) is 16.1. The minimum atomic E-state index is 0.106. The molecule has 7 nitrogen and oxygen atoms in total. The Hall–Kier alpha value is -1.96. The first-order chi connectivity index (χ1) is 13.2. The average Bonchev–Trinajstić information content (AvgIpc) is 3.31. The lowest BCUT2D eigenvalue weighted by Crippen LogP contribution is -2.49. The van der Waals surface area contributed by atoms with Crippen LogP contribution in [0.4, 0.5) is 0 Å². The molecule has 1 unspecified atom stereocenters. The first kappa shape index (κ1) is 18.4. The van der Waals surface area contributed by atoms with Gasteiger partial charge in [0, 0.05) is 46.4 Å². The van der Waals surface area contributed by atoms with Gasteiger partial charge in [0.15, 0.2) is 0 Å². The van der Waals surface area contributed by atoms with Crippen molar-refractivity contribution in [1.82, 2.24) is 24.7 Å². The summed E-state index contributed by atoms with van der Waals surface area (Å²) in [4.78, 5) is 21.6. The van der Waals surface area contributed by atoms with Crippen molar-refractivity contribution in [1.29, 1.82) is 0 Å². The standard InChI is InChI=1S/C20H29N5O2/c1-23-18-7-3-2-6-17(18)22-19(23)14-24-8-10-25(11-9-24)15-20(26)21-13-16-5-4-12-27-16/h2-3,6-7,16H,4-5,8-15H2,1H3,(H,21,26). The summed E-state index contributed by atoms with van der Waals surface area (Å²) in [6.07, 6.45) is 2.37. The number of amides is 1. The highest BCUT2D eigenvalue weighted by Gasteiger charge is 2.21. The van der Waals surface area contributed by atoms with Crippen molar-refractivity contribution in [3.05, 3.63) is 30.1 Å². The van der Waals surface area contributed by atoms with Crippen molar-refractivity contribution in [3.63, 3.8) is 0 Å². The molecule has 27 heavy (non-hydrogen) atoms. The van der Waals surface area contributed by atoms with E-state index in [0.29, 0.717) is 13.1 Å². The second-order valence-corrected chi connectivity index (χ2v) is 7.57. The van der Waals surface area contributed by atoms with Gasteiger partial charge in [-0.05, 0) is 25.0 Å². The Morgan fingerprint density at radius 1 is 1.22 bits per heavy atom. The Morgan fingerprint density at radius 2 is 2.00 bits per heavy atom. The second kappa shape index (κ2) is 8.37. The normalized spacial score (nSPS) is 21.7. The Kier molecular flexibility index (Phi) is 5.71. The van der Waals surface area contributed by atoms with Gasteiger partial charge in [-0.15, -0.1) is 0 Å². The number of imidazole rings is 1. The number of ether oxygens (including phenoxy) is 1. The number of benzene rings is 1. The summed E-state index contributed by atoms with van der Waals surface area (Å²) in [7, 11) is 2.08. The third kappa shape index (κ3) is 4.48. The molecule has 146 valence electrons. The van der Waals surface area contributed by atoms with Crippen LogP contribution in [0.5, 0.6) is 0 Å². The number of aromatic nitrogens is 2. The fourth-order valence-electron chi connectivity index (χ4n) is 3.93. The molecule has 2 aromatic rings. The maximum atomic E-state index is 12.1. The summed E-state index contributed by atoms with van der Waals surface area (Å²) in [5.41, 5.74) is 2.23. The highest BCUT2D eigenvalue weighted by molar-refractivity contribution is 5.78. The lowest BCUT2D eigenvalue weighted by Gasteiger charge is -2.34. The molecule has 2 fully saturated rings. The van der Waals surface area contributed by atoms with E-state index in [1.165, 1.54) is 5.52 Å². The molecule has 2 aliphatic rings. The number of hydrogen-bond donors (Lipinski definition) is 1. The number of piperazine rings is 1. The molecule has 1 N–H and O–H groups in total. The topological polar surface area (TPSA) is 62.6 Å². The molecule has 2 aliphatic heterocycles. The van der Waals surface area contributed by atoms with Crippen LogP contribution in [0.1, 0.15) is 18.7 Å². The summed E-state index contributed by atoms with van der Waals surface area (Å²) >= 11 is 0. The number of hydrogen-bond acceptors (Lipinski definition) is 5. The lowest BCUT2D eigenvalue weighted by atomic mass is 10.2. The molecule has 1 aromatic carbocycles. The maximum absolute atomic E-state index is 12.1. The van der Waals surface area contributed by atoms with Crippen LogP contribution in [-0.2, 0) is 23.1 Å². The zero-order valence-corrected chi connectivity index (χ0v) is 16.1. The fraction of sp³-hybridized carbons (Fsp3) is 0.600. The lowest BCUT2D eigenvalue weighted by molar-refractivity contribution is -0.123. The molecule has 1 aromatic heterocycles. The van der Waals surface area contributed by atoms with Gasteiger partial charge in [0.05, 0.1) is 30.2 Å². The maximum Gasteiger partial charge on any atom is 0.234 e. The monoisotopic (exact) mass is 371 g/mol. The molecule has 0 bridgehead atoms. The van der Waals surface area contributed by atoms with Crippen molar-refractivity contribution < 1.29 is 9.53 Å².